The average molecular weight is 376 g/mol. The summed E-state index contributed by atoms with van der Waals surface area (Å²) < 4.78 is 10.2. The van der Waals surface area contributed by atoms with Crippen LogP contribution in [0.2, 0.25) is 5.02 Å². The van der Waals surface area contributed by atoms with E-state index in [0.29, 0.717) is 10.8 Å². The van der Waals surface area contributed by atoms with E-state index in [1.54, 1.807) is 24.3 Å². The van der Waals surface area contributed by atoms with Gasteiger partial charge in [-0.15, -0.1) is 0 Å². The van der Waals surface area contributed by atoms with Gasteiger partial charge in [-0.1, -0.05) is 49.7 Å². The van der Waals surface area contributed by atoms with Gasteiger partial charge in [-0.05, 0) is 42.2 Å². The fraction of sp³-hybridized carbons (Fsp3) is 0.300. The predicted octanol–water partition coefficient (Wildman–Crippen LogP) is 4.03. The number of ether oxygens (including phenoxy) is 2. The molecule has 138 valence electrons. The highest BCUT2D eigenvalue weighted by Gasteiger charge is 2.12. The molecule has 0 saturated carbocycles. The number of hydrogen-bond acceptors (Lipinski definition) is 4. The normalized spacial score (nSPS) is 10.3. The van der Waals surface area contributed by atoms with E-state index in [9.17, 15) is 9.59 Å². The van der Waals surface area contributed by atoms with Crippen molar-refractivity contribution in [3.63, 3.8) is 0 Å². The summed E-state index contributed by atoms with van der Waals surface area (Å²) in [5.74, 6) is -0.542. The first-order valence-electron chi connectivity index (χ1n) is 8.48. The van der Waals surface area contributed by atoms with Crippen LogP contribution in [-0.4, -0.2) is 25.1 Å². The Kier molecular flexibility index (Phi) is 7.48. The monoisotopic (exact) mass is 375 g/mol. The van der Waals surface area contributed by atoms with Crippen molar-refractivity contribution in [1.29, 1.82) is 0 Å². The van der Waals surface area contributed by atoms with Crippen LogP contribution >= 0.6 is 11.6 Å². The number of para-hydroxylation sites is 1. The highest BCUT2D eigenvalue weighted by Crippen LogP contribution is 2.22. The molecule has 0 aliphatic rings. The summed E-state index contributed by atoms with van der Waals surface area (Å²) >= 11 is 5.84. The van der Waals surface area contributed by atoms with Gasteiger partial charge < -0.3 is 14.8 Å². The van der Waals surface area contributed by atoms with Gasteiger partial charge in [0, 0.05) is 10.7 Å². The van der Waals surface area contributed by atoms with Crippen LogP contribution in [0.4, 0.5) is 5.69 Å². The van der Waals surface area contributed by atoms with Crippen molar-refractivity contribution in [2.45, 2.75) is 26.7 Å². The van der Waals surface area contributed by atoms with Crippen LogP contribution < -0.4 is 10.1 Å². The van der Waals surface area contributed by atoms with Gasteiger partial charge in [0.05, 0.1) is 0 Å². The van der Waals surface area contributed by atoms with Gasteiger partial charge in [-0.3, -0.25) is 4.79 Å². The molecular weight excluding hydrogens is 354 g/mol. The zero-order chi connectivity index (χ0) is 18.9. The summed E-state index contributed by atoms with van der Waals surface area (Å²) in [6, 6.07) is 12.6. The maximum atomic E-state index is 12.1. The number of esters is 1. The number of amides is 1. The van der Waals surface area contributed by atoms with Crippen molar-refractivity contribution in [3.8, 4) is 5.75 Å². The molecule has 2 aromatic rings. The van der Waals surface area contributed by atoms with E-state index in [0.717, 1.165) is 29.7 Å². The highest BCUT2D eigenvalue weighted by molar-refractivity contribution is 6.30. The molecule has 1 N–H and O–H groups in total. The molecule has 0 fully saturated rings. The quantitative estimate of drug-likeness (QED) is 0.707. The van der Waals surface area contributed by atoms with Crippen LogP contribution in [0.1, 0.15) is 25.0 Å². The number of carbonyl (C=O) groups is 2. The molecule has 0 aromatic heterocycles. The third-order valence-electron chi connectivity index (χ3n) is 3.78. The fourth-order valence-electron chi connectivity index (χ4n) is 2.47. The molecule has 0 bridgehead atoms. The molecule has 0 aliphatic carbocycles. The van der Waals surface area contributed by atoms with Gasteiger partial charge >= 0.3 is 5.97 Å². The van der Waals surface area contributed by atoms with Crippen molar-refractivity contribution < 1.29 is 19.1 Å². The molecule has 0 radical (unpaired) electrons. The van der Waals surface area contributed by atoms with Crippen LogP contribution in [0.15, 0.2) is 42.5 Å². The van der Waals surface area contributed by atoms with E-state index in [1.165, 1.54) is 0 Å². The Hall–Kier alpha value is -2.53. The first-order chi connectivity index (χ1) is 12.5. The van der Waals surface area contributed by atoms with Crippen LogP contribution in [0, 0.1) is 0 Å². The van der Waals surface area contributed by atoms with Crippen LogP contribution in [0.5, 0.6) is 5.75 Å². The van der Waals surface area contributed by atoms with Crippen molar-refractivity contribution in [2.75, 3.05) is 18.5 Å². The Morgan fingerprint density at radius 1 is 1.00 bits per heavy atom. The highest BCUT2D eigenvalue weighted by atomic mass is 35.5. The molecule has 6 heteroatoms. The van der Waals surface area contributed by atoms with Crippen molar-refractivity contribution in [1.82, 2.24) is 0 Å². The lowest BCUT2D eigenvalue weighted by Gasteiger charge is -2.14. The third kappa shape index (κ3) is 5.77. The fourth-order valence-corrected chi connectivity index (χ4v) is 2.65. The number of anilines is 1. The van der Waals surface area contributed by atoms with Crippen molar-refractivity contribution in [2.24, 2.45) is 0 Å². The lowest BCUT2D eigenvalue weighted by Crippen LogP contribution is -2.24. The smallest absolute Gasteiger partial charge is 0.344 e. The van der Waals surface area contributed by atoms with Gasteiger partial charge in [0.1, 0.15) is 5.75 Å². The SMILES string of the molecule is CCc1cccc(CC)c1NC(=O)COC(=O)COc1cccc(Cl)c1. The minimum absolute atomic E-state index is 0.292. The molecule has 0 atom stereocenters. The molecule has 2 rings (SSSR count). The zero-order valence-electron chi connectivity index (χ0n) is 14.9. The van der Waals surface area contributed by atoms with E-state index in [1.807, 2.05) is 32.0 Å². The molecule has 5 nitrogen and oxygen atoms in total. The first-order valence-corrected chi connectivity index (χ1v) is 8.85. The van der Waals surface area contributed by atoms with Crippen molar-refractivity contribution >= 4 is 29.2 Å². The first kappa shape index (κ1) is 19.8. The van der Waals surface area contributed by atoms with Crippen LogP contribution in [0.3, 0.4) is 0 Å². The Bertz CT molecular complexity index is 754. The lowest BCUT2D eigenvalue weighted by molar-refractivity contribution is -0.149. The molecule has 0 heterocycles. The number of halogens is 1. The van der Waals surface area contributed by atoms with E-state index < -0.39 is 5.97 Å². The van der Waals surface area contributed by atoms with Crippen LogP contribution in [-0.2, 0) is 27.2 Å². The van der Waals surface area contributed by atoms with Gasteiger partial charge in [0.25, 0.3) is 5.91 Å². The standard InChI is InChI=1S/C20H22ClNO4/c1-3-14-7-5-8-15(4-2)20(14)22-18(23)12-26-19(24)13-25-17-10-6-9-16(21)11-17/h5-11H,3-4,12-13H2,1-2H3,(H,22,23). The van der Waals surface area contributed by atoms with Gasteiger partial charge in [-0.25, -0.2) is 4.79 Å². The summed E-state index contributed by atoms with van der Waals surface area (Å²) in [5.41, 5.74) is 2.90. The number of nitrogens with one attached hydrogen (secondary N) is 1. The van der Waals surface area contributed by atoms with E-state index >= 15 is 0 Å². The molecule has 26 heavy (non-hydrogen) atoms. The molecule has 0 saturated heterocycles. The molecular formula is C20H22ClNO4. The third-order valence-corrected chi connectivity index (χ3v) is 4.02. The van der Waals surface area contributed by atoms with E-state index in [2.05, 4.69) is 5.32 Å². The summed E-state index contributed by atoms with van der Waals surface area (Å²) in [6.07, 6.45) is 1.60. The topological polar surface area (TPSA) is 64.6 Å². The van der Waals surface area contributed by atoms with Crippen LogP contribution in [0.25, 0.3) is 0 Å². The van der Waals surface area contributed by atoms with Gasteiger partial charge in [0.2, 0.25) is 0 Å². The maximum Gasteiger partial charge on any atom is 0.344 e. The molecule has 0 aliphatic heterocycles. The second kappa shape index (κ2) is 9.82. The summed E-state index contributed by atoms with van der Waals surface area (Å²) in [5, 5.41) is 3.35. The van der Waals surface area contributed by atoms with E-state index in [-0.39, 0.29) is 19.1 Å². The Labute approximate surface area is 158 Å². The number of benzene rings is 2. The van der Waals surface area contributed by atoms with Gasteiger partial charge in [0.15, 0.2) is 13.2 Å². The minimum atomic E-state index is -0.625. The average Bonchev–Trinajstić information content (AvgIpc) is 2.65. The summed E-state index contributed by atoms with van der Waals surface area (Å²) in [4.78, 5) is 23.9. The molecule has 2 aromatic carbocycles. The van der Waals surface area contributed by atoms with Crippen molar-refractivity contribution in [3.05, 3.63) is 58.6 Å². The summed E-state index contributed by atoms with van der Waals surface area (Å²) in [6.45, 7) is 3.40. The van der Waals surface area contributed by atoms with Gasteiger partial charge in [-0.2, -0.15) is 0 Å². The largest absolute Gasteiger partial charge is 0.482 e. The molecule has 0 unspecified atom stereocenters. The number of carbonyl (C=O) groups excluding carboxylic acids is 2. The molecule has 0 spiro atoms. The molecule has 1 amide bonds. The Balaban J connectivity index is 1.84. The second-order valence-corrected chi connectivity index (χ2v) is 6.05. The van der Waals surface area contributed by atoms with E-state index in [4.69, 9.17) is 21.1 Å². The second-order valence-electron chi connectivity index (χ2n) is 5.61. The predicted molar refractivity (Wildman–Crippen MR) is 102 cm³/mol. The number of aryl methyl sites for hydroxylation is 2. The Morgan fingerprint density at radius 3 is 2.27 bits per heavy atom. The Morgan fingerprint density at radius 2 is 1.65 bits per heavy atom. The number of rotatable bonds is 8. The summed E-state index contributed by atoms with van der Waals surface area (Å²) in [7, 11) is 0. The maximum absolute atomic E-state index is 12.1. The lowest BCUT2D eigenvalue weighted by atomic mass is 10.0. The minimum Gasteiger partial charge on any atom is -0.482 e. The zero-order valence-corrected chi connectivity index (χ0v) is 15.6. The number of hydrogen-bond donors (Lipinski definition) is 1.